The molecule has 0 aromatic carbocycles. The van der Waals surface area contributed by atoms with E-state index in [1.165, 1.54) is 6.26 Å². The summed E-state index contributed by atoms with van der Waals surface area (Å²) in [6.45, 7) is 4.82. The van der Waals surface area contributed by atoms with E-state index >= 15 is 0 Å². The molecule has 0 aliphatic carbocycles. The first kappa shape index (κ1) is 10.9. The average molecular weight is 179 g/mol. The second-order valence-corrected chi connectivity index (χ2v) is 5.04. The van der Waals surface area contributed by atoms with E-state index in [-0.39, 0.29) is 0 Å². The molecule has 3 nitrogen and oxygen atoms in total. The van der Waals surface area contributed by atoms with E-state index in [0.29, 0.717) is 12.5 Å². The van der Waals surface area contributed by atoms with Gasteiger partial charge in [0, 0.05) is 6.54 Å². The van der Waals surface area contributed by atoms with E-state index < -0.39 is 10.0 Å². The number of rotatable bonds is 5. The molecule has 0 atom stereocenters. The molecule has 0 rings (SSSR count). The first-order valence-electron chi connectivity index (χ1n) is 3.86. The van der Waals surface area contributed by atoms with Crippen LogP contribution >= 0.6 is 0 Å². The van der Waals surface area contributed by atoms with Crippen LogP contribution in [0.1, 0.15) is 26.7 Å². The van der Waals surface area contributed by atoms with Crippen LogP contribution in [0.2, 0.25) is 0 Å². The standard InChI is InChI=1S/C7H17NO2S/c1-7(2)5-4-6-8-11(3,9)10/h7-8H,4-6H2,1-3H3. The topological polar surface area (TPSA) is 46.2 Å². The third-order valence-electron chi connectivity index (χ3n) is 1.32. The van der Waals surface area contributed by atoms with Crippen LogP contribution in [0, 0.1) is 5.92 Å². The van der Waals surface area contributed by atoms with Crippen molar-refractivity contribution in [3.63, 3.8) is 0 Å². The van der Waals surface area contributed by atoms with Crippen molar-refractivity contribution in [2.45, 2.75) is 26.7 Å². The van der Waals surface area contributed by atoms with Crippen LogP contribution in [-0.4, -0.2) is 21.2 Å². The Hall–Kier alpha value is -0.0900. The van der Waals surface area contributed by atoms with Crippen LogP contribution in [0.3, 0.4) is 0 Å². The number of sulfonamides is 1. The monoisotopic (exact) mass is 179 g/mol. The van der Waals surface area contributed by atoms with Gasteiger partial charge >= 0.3 is 0 Å². The van der Waals surface area contributed by atoms with Crippen LogP contribution < -0.4 is 4.72 Å². The maximum Gasteiger partial charge on any atom is 0.208 e. The van der Waals surface area contributed by atoms with Gasteiger partial charge in [0.15, 0.2) is 0 Å². The first-order valence-corrected chi connectivity index (χ1v) is 5.75. The lowest BCUT2D eigenvalue weighted by molar-refractivity contribution is 0.542. The molecule has 1 N–H and O–H groups in total. The summed E-state index contributed by atoms with van der Waals surface area (Å²) in [6.07, 6.45) is 3.18. The average Bonchev–Trinajstić information content (AvgIpc) is 1.78. The second-order valence-electron chi connectivity index (χ2n) is 3.20. The molecule has 0 aromatic heterocycles. The molecule has 0 spiro atoms. The Morgan fingerprint density at radius 3 is 2.27 bits per heavy atom. The highest BCUT2D eigenvalue weighted by Crippen LogP contribution is 2.01. The zero-order chi connectivity index (χ0) is 8.91. The van der Waals surface area contributed by atoms with Crippen molar-refractivity contribution in [2.24, 2.45) is 5.92 Å². The first-order chi connectivity index (χ1) is 4.92. The third-order valence-corrected chi connectivity index (χ3v) is 2.05. The highest BCUT2D eigenvalue weighted by molar-refractivity contribution is 7.88. The normalized spacial score (nSPS) is 12.4. The summed E-state index contributed by atoms with van der Waals surface area (Å²) in [5.41, 5.74) is 0. The molecule has 0 fully saturated rings. The predicted molar refractivity (Wildman–Crippen MR) is 46.9 cm³/mol. The van der Waals surface area contributed by atoms with Crippen LogP contribution in [0.5, 0.6) is 0 Å². The van der Waals surface area contributed by atoms with Crippen molar-refractivity contribution in [1.82, 2.24) is 4.72 Å². The SMILES string of the molecule is CC(C)CCCNS(C)(=O)=O. The summed E-state index contributed by atoms with van der Waals surface area (Å²) < 4.78 is 23.6. The van der Waals surface area contributed by atoms with Gasteiger partial charge in [0.1, 0.15) is 0 Å². The molecule has 4 heteroatoms. The number of nitrogens with one attached hydrogen (secondary N) is 1. The van der Waals surface area contributed by atoms with Gasteiger partial charge in [-0.15, -0.1) is 0 Å². The van der Waals surface area contributed by atoms with Crippen LogP contribution in [0.15, 0.2) is 0 Å². The minimum absolute atomic E-state index is 0.566. The molecule has 0 bridgehead atoms. The van der Waals surface area contributed by atoms with E-state index in [2.05, 4.69) is 18.6 Å². The maximum atomic E-state index is 10.6. The van der Waals surface area contributed by atoms with Gasteiger partial charge in [-0.25, -0.2) is 13.1 Å². The lowest BCUT2D eigenvalue weighted by Gasteiger charge is -2.04. The van der Waals surface area contributed by atoms with Gasteiger partial charge in [-0.1, -0.05) is 13.8 Å². The van der Waals surface area contributed by atoms with Gasteiger partial charge in [0.05, 0.1) is 6.26 Å². The molecule has 0 aliphatic rings. The van der Waals surface area contributed by atoms with E-state index in [9.17, 15) is 8.42 Å². The predicted octanol–water partition coefficient (Wildman–Crippen LogP) is 0.972. The number of hydrogen-bond donors (Lipinski definition) is 1. The highest BCUT2D eigenvalue weighted by Gasteiger charge is 1.99. The largest absolute Gasteiger partial charge is 0.215 e. The quantitative estimate of drug-likeness (QED) is 0.639. The van der Waals surface area contributed by atoms with Crippen molar-refractivity contribution >= 4 is 10.0 Å². The Bertz CT molecular complexity index is 185. The lowest BCUT2D eigenvalue weighted by Crippen LogP contribution is -2.23. The molecule has 0 heterocycles. The van der Waals surface area contributed by atoms with Gasteiger partial charge in [0.2, 0.25) is 10.0 Å². The molecule has 0 aliphatic heterocycles. The molecule has 11 heavy (non-hydrogen) atoms. The Labute approximate surface area is 69.2 Å². The molecule has 0 saturated heterocycles. The molecule has 0 radical (unpaired) electrons. The lowest BCUT2D eigenvalue weighted by atomic mass is 10.1. The van der Waals surface area contributed by atoms with Crippen LogP contribution in [0.25, 0.3) is 0 Å². The zero-order valence-electron chi connectivity index (χ0n) is 7.42. The summed E-state index contributed by atoms with van der Waals surface area (Å²) in [5, 5.41) is 0. The maximum absolute atomic E-state index is 10.6. The minimum atomic E-state index is -2.97. The Balaban J connectivity index is 3.30. The fourth-order valence-corrected chi connectivity index (χ4v) is 1.28. The van der Waals surface area contributed by atoms with Crippen molar-refractivity contribution in [1.29, 1.82) is 0 Å². The van der Waals surface area contributed by atoms with E-state index in [1.54, 1.807) is 0 Å². The van der Waals surface area contributed by atoms with Crippen molar-refractivity contribution in [2.75, 3.05) is 12.8 Å². The fourth-order valence-electron chi connectivity index (χ4n) is 0.768. The van der Waals surface area contributed by atoms with Gasteiger partial charge in [0.25, 0.3) is 0 Å². The van der Waals surface area contributed by atoms with Gasteiger partial charge in [-0.2, -0.15) is 0 Å². The Morgan fingerprint density at radius 2 is 1.91 bits per heavy atom. The molecule has 0 amide bonds. The highest BCUT2D eigenvalue weighted by atomic mass is 32.2. The molecule has 68 valence electrons. The molecule has 0 saturated carbocycles. The summed E-state index contributed by atoms with van der Waals surface area (Å²) >= 11 is 0. The van der Waals surface area contributed by atoms with Gasteiger partial charge < -0.3 is 0 Å². The van der Waals surface area contributed by atoms with E-state index in [0.717, 1.165) is 12.8 Å². The molecule has 0 aromatic rings. The summed E-state index contributed by atoms with van der Waals surface area (Å²) in [4.78, 5) is 0. The summed E-state index contributed by atoms with van der Waals surface area (Å²) in [7, 11) is -2.97. The third kappa shape index (κ3) is 9.91. The van der Waals surface area contributed by atoms with E-state index in [1.807, 2.05) is 0 Å². The smallest absolute Gasteiger partial charge is 0.208 e. The number of hydrogen-bond acceptors (Lipinski definition) is 2. The summed E-state index contributed by atoms with van der Waals surface area (Å²) in [6, 6.07) is 0. The fraction of sp³-hybridized carbons (Fsp3) is 1.00. The molecular formula is C7H17NO2S. The second kappa shape index (κ2) is 4.72. The summed E-state index contributed by atoms with van der Waals surface area (Å²) in [5.74, 6) is 0.649. The van der Waals surface area contributed by atoms with Crippen molar-refractivity contribution < 1.29 is 8.42 Å². The van der Waals surface area contributed by atoms with E-state index in [4.69, 9.17) is 0 Å². The van der Waals surface area contributed by atoms with Gasteiger partial charge in [-0.3, -0.25) is 0 Å². The molecule has 0 unspecified atom stereocenters. The Morgan fingerprint density at radius 1 is 1.36 bits per heavy atom. The van der Waals surface area contributed by atoms with Gasteiger partial charge in [-0.05, 0) is 18.8 Å². The molecular weight excluding hydrogens is 162 g/mol. The Kier molecular flexibility index (Phi) is 4.68. The van der Waals surface area contributed by atoms with Crippen LogP contribution in [-0.2, 0) is 10.0 Å². The minimum Gasteiger partial charge on any atom is -0.215 e. The van der Waals surface area contributed by atoms with Crippen molar-refractivity contribution in [3.8, 4) is 0 Å². The zero-order valence-corrected chi connectivity index (χ0v) is 8.24. The van der Waals surface area contributed by atoms with Crippen LogP contribution in [0.4, 0.5) is 0 Å². The van der Waals surface area contributed by atoms with Crippen molar-refractivity contribution in [3.05, 3.63) is 0 Å².